The third-order valence-corrected chi connectivity index (χ3v) is 2.85. The van der Waals surface area contributed by atoms with Gasteiger partial charge in [-0.1, -0.05) is 11.6 Å². The molecule has 0 bridgehead atoms. The molecule has 2 rings (SSSR count). The maximum Gasteiger partial charge on any atom is 0.240 e. The summed E-state index contributed by atoms with van der Waals surface area (Å²) in [5.74, 6) is -0.276. The predicted molar refractivity (Wildman–Crippen MR) is 58.8 cm³/mol. The lowest BCUT2D eigenvalue weighted by atomic mass is 10.2. The minimum atomic E-state index is -0.276. The summed E-state index contributed by atoms with van der Waals surface area (Å²) < 4.78 is 0. The Morgan fingerprint density at radius 1 is 1.60 bits per heavy atom. The molecule has 1 aliphatic heterocycles. The van der Waals surface area contributed by atoms with Crippen LogP contribution in [0.5, 0.6) is 0 Å². The number of carbonyl (C=O) groups is 1. The second-order valence-electron chi connectivity index (χ2n) is 3.59. The molecule has 0 unspecified atom stereocenters. The number of nitrogens with two attached hydrogens (primary N) is 1. The minimum absolute atomic E-state index is 0.201. The molecule has 1 fully saturated rings. The van der Waals surface area contributed by atoms with Gasteiger partial charge in [-0.2, -0.15) is 0 Å². The molecule has 1 saturated heterocycles. The largest absolute Gasteiger partial charge is 0.368 e. The normalized spacial score (nSPS) is 20.6. The topological polar surface area (TPSA) is 59.2 Å². The molecular formula is C10H12ClN3O. The van der Waals surface area contributed by atoms with Crippen LogP contribution in [0.4, 0.5) is 5.69 Å². The lowest BCUT2D eigenvalue weighted by molar-refractivity contribution is -0.119. The van der Waals surface area contributed by atoms with Gasteiger partial charge in [0.05, 0.1) is 11.9 Å². The number of pyridine rings is 1. The van der Waals surface area contributed by atoms with Crippen LogP contribution in [0.1, 0.15) is 12.8 Å². The molecule has 5 heteroatoms. The quantitative estimate of drug-likeness (QED) is 0.770. The number of primary amides is 1. The fraction of sp³-hybridized carbons (Fsp3) is 0.400. The number of amides is 1. The molecule has 2 N–H and O–H groups in total. The number of carbonyl (C=O) groups excluding carboxylic acids is 1. The van der Waals surface area contributed by atoms with E-state index in [4.69, 9.17) is 17.3 Å². The van der Waals surface area contributed by atoms with Crippen molar-refractivity contribution in [2.45, 2.75) is 18.9 Å². The molecule has 80 valence electrons. The zero-order valence-corrected chi connectivity index (χ0v) is 8.94. The lowest BCUT2D eigenvalue weighted by Gasteiger charge is -2.23. The van der Waals surface area contributed by atoms with Crippen LogP contribution in [0, 0.1) is 0 Å². The van der Waals surface area contributed by atoms with Crippen LogP contribution in [-0.4, -0.2) is 23.5 Å². The molecule has 2 heterocycles. The van der Waals surface area contributed by atoms with Crippen LogP contribution in [0.25, 0.3) is 0 Å². The van der Waals surface area contributed by atoms with Crippen molar-refractivity contribution in [2.24, 2.45) is 5.73 Å². The van der Waals surface area contributed by atoms with E-state index in [2.05, 4.69) is 4.98 Å². The first-order valence-electron chi connectivity index (χ1n) is 4.86. The number of anilines is 1. The summed E-state index contributed by atoms with van der Waals surface area (Å²) in [6.07, 6.45) is 3.47. The standard InChI is InChI=1S/C10H12ClN3O/c11-9-4-3-7(6-13-9)14-5-1-2-8(14)10(12)15/h3-4,6,8H,1-2,5H2,(H2,12,15)/t8-/m1/s1. The van der Waals surface area contributed by atoms with E-state index in [1.54, 1.807) is 12.3 Å². The molecule has 0 saturated carbocycles. The Morgan fingerprint density at radius 3 is 3.00 bits per heavy atom. The Morgan fingerprint density at radius 2 is 2.40 bits per heavy atom. The van der Waals surface area contributed by atoms with Gasteiger partial charge in [0.2, 0.25) is 5.91 Å². The first-order chi connectivity index (χ1) is 7.18. The Labute approximate surface area is 93.0 Å². The summed E-state index contributed by atoms with van der Waals surface area (Å²) in [5, 5.41) is 0.452. The van der Waals surface area contributed by atoms with Crippen molar-refractivity contribution in [3.8, 4) is 0 Å². The third-order valence-electron chi connectivity index (χ3n) is 2.62. The van der Waals surface area contributed by atoms with E-state index in [0.29, 0.717) is 5.15 Å². The maximum absolute atomic E-state index is 11.2. The molecule has 0 radical (unpaired) electrons. The molecule has 0 aromatic carbocycles. The molecule has 1 amide bonds. The van der Waals surface area contributed by atoms with E-state index in [0.717, 1.165) is 25.1 Å². The van der Waals surface area contributed by atoms with Gasteiger partial charge < -0.3 is 10.6 Å². The van der Waals surface area contributed by atoms with Gasteiger partial charge >= 0.3 is 0 Å². The lowest BCUT2D eigenvalue weighted by Crippen LogP contribution is -2.40. The highest BCUT2D eigenvalue weighted by atomic mass is 35.5. The SMILES string of the molecule is NC(=O)[C@H]1CCCN1c1ccc(Cl)nc1. The van der Waals surface area contributed by atoms with E-state index >= 15 is 0 Å². The van der Waals surface area contributed by atoms with Gasteiger partial charge in [-0.25, -0.2) is 4.98 Å². The average Bonchev–Trinajstić information content (AvgIpc) is 2.67. The molecule has 1 atom stereocenters. The summed E-state index contributed by atoms with van der Waals surface area (Å²) >= 11 is 5.70. The molecule has 15 heavy (non-hydrogen) atoms. The summed E-state index contributed by atoms with van der Waals surface area (Å²) in [4.78, 5) is 17.2. The number of nitrogens with zero attached hydrogens (tertiary/aromatic N) is 2. The van der Waals surface area contributed by atoms with Crippen molar-refractivity contribution in [3.05, 3.63) is 23.5 Å². The van der Waals surface area contributed by atoms with Gasteiger partial charge in [0, 0.05) is 6.54 Å². The van der Waals surface area contributed by atoms with Crippen LogP contribution in [0.2, 0.25) is 5.15 Å². The van der Waals surface area contributed by atoms with Crippen molar-refractivity contribution in [1.82, 2.24) is 4.98 Å². The highest BCUT2D eigenvalue weighted by Crippen LogP contribution is 2.25. The Kier molecular flexibility index (Phi) is 2.77. The summed E-state index contributed by atoms with van der Waals surface area (Å²) in [6.45, 7) is 0.844. The Bertz CT molecular complexity index is 365. The number of halogens is 1. The van der Waals surface area contributed by atoms with Crippen LogP contribution < -0.4 is 10.6 Å². The monoisotopic (exact) mass is 225 g/mol. The Hall–Kier alpha value is -1.29. The molecule has 1 aliphatic rings. The molecular weight excluding hydrogens is 214 g/mol. The fourth-order valence-corrected chi connectivity index (χ4v) is 2.02. The number of rotatable bonds is 2. The third kappa shape index (κ3) is 2.04. The highest BCUT2D eigenvalue weighted by molar-refractivity contribution is 6.29. The van der Waals surface area contributed by atoms with Gasteiger partial charge in [0.1, 0.15) is 11.2 Å². The molecule has 1 aromatic rings. The van der Waals surface area contributed by atoms with Crippen LogP contribution in [0.15, 0.2) is 18.3 Å². The van der Waals surface area contributed by atoms with E-state index in [1.165, 1.54) is 0 Å². The van der Waals surface area contributed by atoms with Gasteiger partial charge in [-0.15, -0.1) is 0 Å². The fourth-order valence-electron chi connectivity index (χ4n) is 1.91. The van der Waals surface area contributed by atoms with Crippen LogP contribution in [-0.2, 0) is 4.79 Å². The average molecular weight is 226 g/mol. The summed E-state index contributed by atoms with van der Waals surface area (Å²) in [7, 11) is 0. The van der Waals surface area contributed by atoms with E-state index in [1.807, 2.05) is 11.0 Å². The van der Waals surface area contributed by atoms with Crippen LogP contribution in [0.3, 0.4) is 0 Å². The summed E-state index contributed by atoms with van der Waals surface area (Å²) in [6, 6.07) is 3.37. The van der Waals surface area contributed by atoms with Crippen LogP contribution >= 0.6 is 11.6 Å². The number of hydrogen-bond acceptors (Lipinski definition) is 3. The van der Waals surface area contributed by atoms with Gasteiger partial charge in [0.25, 0.3) is 0 Å². The van der Waals surface area contributed by atoms with Crippen molar-refractivity contribution in [2.75, 3.05) is 11.4 Å². The number of hydrogen-bond donors (Lipinski definition) is 1. The molecule has 0 spiro atoms. The van der Waals surface area contributed by atoms with Gasteiger partial charge in [0.15, 0.2) is 0 Å². The van der Waals surface area contributed by atoms with E-state index in [-0.39, 0.29) is 11.9 Å². The maximum atomic E-state index is 11.2. The van der Waals surface area contributed by atoms with E-state index in [9.17, 15) is 4.79 Å². The smallest absolute Gasteiger partial charge is 0.240 e. The summed E-state index contributed by atoms with van der Waals surface area (Å²) in [5.41, 5.74) is 6.23. The van der Waals surface area contributed by atoms with Crippen molar-refractivity contribution in [3.63, 3.8) is 0 Å². The van der Waals surface area contributed by atoms with Crippen molar-refractivity contribution < 1.29 is 4.79 Å². The molecule has 4 nitrogen and oxygen atoms in total. The second kappa shape index (κ2) is 4.06. The first-order valence-corrected chi connectivity index (χ1v) is 5.24. The van der Waals surface area contributed by atoms with Crippen molar-refractivity contribution in [1.29, 1.82) is 0 Å². The van der Waals surface area contributed by atoms with Gasteiger partial charge in [-0.05, 0) is 25.0 Å². The minimum Gasteiger partial charge on any atom is -0.368 e. The molecule has 0 aliphatic carbocycles. The van der Waals surface area contributed by atoms with E-state index < -0.39 is 0 Å². The zero-order valence-electron chi connectivity index (χ0n) is 8.19. The van der Waals surface area contributed by atoms with Gasteiger partial charge in [-0.3, -0.25) is 4.79 Å². The first kappa shape index (κ1) is 10.2. The molecule has 1 aromatic heterocycles. The Balaban J connectivity index is 2.22. The predicted octanol–water partition coefficient (Wildman–Crippen LogP) is 1.19. The number of aromatic nitrogens is 1. The zero-order chi connectivity index (χ0) is 10.8. The van der Waals surface area contributed by atoms with Crippen molar-refractivity contribution >= 4 is 23.2 Å². The second-order valence-corrected chi connectivity index (χ2v) is 3.98. The highest BCUT2D eigenvalue weighted by Gasteiger charge is 2.29.